The lowest BCUT2D eigenvalue weighted by molar-refractivity contribution is 0.139. The van der Waals surface area contributed by atoms with Crippen molar-refractivity contribution in [3.63, 3.8) is 0 Å². The van der Waals surface area contributed by atoms with Crippen molar-refractivity contribution in [1.82, 2.24) is 0 Å². The van der Waals surface area contributed by atoms with Crippen LogP contribution in [0.2, 0.25) is 0 Å². The molecule has 3 N–H and O–H groups in total. The SMILES string of the molecule is O[C@H]1CCCC[C@H]1Br.O[C@H]1CCCC[C@H]1Br.O[C@H]1CCCC[C@H]1Br. The summed E-state index contributed by atoms with van der Waals surface area (Å²) in [7, 11) is 0. The second-order valence-electron chi connectivity index (χ2n) is 7.10. The Bertz CT molecular complexity index is 242. The third-order valence-corrected chi connectivity index (χ3v) is 8.15. The van der Waals surface area contributed by atoms with Gasteiger partial charge in [0, 0.05) is 14.5 Å². The summed E-state index contributed by atoms with van der Waals surface area (Å²) in [5, 5.41) is 27.4. The highest BCUT2D eigenvalue weighted by atomic mass is 79.9. The normalized spacial score (nSPS) is 39.8. The number of aliphatic hydroxyl groups excluding tert-OH is 3. The van der Waals surface area contributed by atoms with E-state index in [1.165, 1.54) is 38.5 Å². The average Bonchev–Trinajstić information content (AvgIpc) is 2.57. The standard InChI is InChI=1S/3C6H11BrO/c3*7-5-3-1-2-4-6(5)8/h3*5-6,8H,1-4H2/t3*5-,6+/m111/s1. The van der Waals surface area contributed by atoms with Gasteiger partial charge in [-0.25, -0.2) is 0 Å². The Morgan fingerprint density at radius 1 is 0.417 bits per heavy atom. The van der Waals surface area contributed by atoms with Crippen molar-refractivity contribution in [2.24, 2.45) is 0 Å². The van der Waals surface area contributed by atoms with Crippen LogP contribution in [0, 0.1) is 0 Å². The molecule has 3 aliphatic rings. The molecule has 144 valence electrons. The fourth-order valence-corrected chi connectivity index (χ4v) is 4.96. The molecule has 0 spiro atoms. The molecule has 6 heteroatoms. The number of aliphatic hydroxyl groups is 3. The first-order valence-electron chi connectivity index (χ1n) is 9.38. The highest BCUT2D eigenvalue weighted by Crippen LogP contribution is 2.25. The topological polar surface area (TPSA) is 60.7 Å². The lowest BCUT2D eigenvalue weighted by atomic mass is 9.98. The minimum Gasteiger partial charge on any atom is -0.392 e. The van der Waals surface area contributed by atoms with E-state index in [0.717, 1.165) is 38.5 Å². The Labute approximate surface area is 172 Å². The third kappa shape index (κ3) is 9.86. The first-order valence-corrected chi connectivity index (χ1v) is 12.1. The zero-order valence-electron chi connectivity index (χ0n) is 14.4. The van der Waals surface area contributed by atoms with Crippen LogP contribution >= 0.6 is 47.8 Å². The summed E-state index contributed by atoms with van der Waals surface area (Å²) in [5.74, 6) is 0. The first-order chi connectivity index (χ1) is 11.4. The summed E-state index contributed by atoms with van der Waals surface area (Å²) < 4.78 is 0. The lowest BCUT2D eigenvalue weighted by Crippen LogP contribution is -2.23. The molecule has 24 heavy (non-hydrogen) atoms. The minimum atomic E-state index is -0.0799. The predicted molar refractivity (Wildman–Crippen MR) is 112 cm³/mol. The van der Waals surface area contributed by atoms with Crippen LogP contribution in [0.1, 0.15) is 77.0 Å². The maximum Gasteiger partial charge on any atom is 0.0665 e. The summed E-state index contributed by atoms with van der Waals surface area (Å²) in [6.45, 7) is 0. The summed E-state index contributed by atoms with van der Waals surface area (Å²) in [6, 6.07) is 0. The van der Waals surface area contributed by atoms with Crippen LogP contribution in [-0.4, -0.2) is 48.1 Å². The van der Waals surface area contributed by atoms with Crippen LogP contribution in [0.25, 0.3) is 0 Å². The maximum absolute atomic E-state index is 9.13. The Morgan fingerprint density at radius 2 is 0.625 bits per heavy atom. The molecule has 0 saturated heterocycles. The molecule has 0 radical (unpaired) electrons. The highest BCUT2D eigenvalue weighted by molar-refractivity contribution is 9.10. The van der Waals surface area contributed by atoms with Crippen LogP contribution in [-0.2, 0) is 0 Å². The Hall–Kier alpha value is 1.32. The molecule has 0 aromatic carbocycles. The van der Waals surface area contributed by atoms with E-state index in [9.17, 15) is 0 Å². The summed E-state index contributed by atoms with van der Waals surface area (Å²) in [6.07, 6.45) is 13.5. The van der Waals surface area contributed by atoms with Crippen LogP contribution in [0.3, 0.4) is 0 Å². The molecule has 6 atom stereocenters. The summed E-state index contributed by atoms with van der Waals surface area (Å²) in [4.78, 5) is 1.11. The zero-order valence-corrected chi connectivity index (χ0v) is 19.2. The molecule has 0 amide bonds. The molecular formula is C18H33Br3O3. The summed E-state index contributed by atoms with van der Waals surface area (Å²) in [5.41, 5.74) is 0. The molecule has 3 saturated carbocycles. The van der Waals surface area contributed by atoms with E-state index >= 15 is 0 Å². The van der Waals surface area contributed by atoms with Gasteiger partial charge in [-0.2, -0.15) is 0 Å². The summed E-state index contributed by atoms with van der Waals surface area (Å²) >= 11 is 10.2. The van der Waals surface area contributed by atoms with Gasteiger partial charge in [-0.1, -0.05) is 86.3 Å². The van der Waals surface area contributed by atoms with Gasteiger partial charge in [-0.05, 0) is 38.5 Å². The van der Waals surface area contributed by atoms with Gasteiger partial charge in [0.25, 0.3) is 0 Å². The van der Waals surface area contributed by atoms with Crippen molar-refractivity contribution in [3.8, 4) is 0 Å². The maximum atomic E-state index is 9.13. The predicted octanol–water partition coefficient (Wildman–Crippen LogP) is 5.05. The number of rotatable bonds is 0. The largest absolute Gasteiger partial charge is 0.392 e. The number of alkyl halides is 3. The molecule has 3 nitrogen and oxygen atoms in total. The van der Waals surface area contributed by atoms with E-state index in [1.807, 2.05) is 0 Å². The highest BCUT2D eigenvalue weighted by Gasteiger charge is 2.20. The van der Waals surface area contributed by atoms with Gasteiger partial charge in [0.15, 0.2) is 0 Å². The van der Waals surface area contributed by atoms with Gasteiger partial charge in [-0.15, -0.1) is 0 Å². The average molecular weight is 537 g/mol. The lowest BCUT2D eigenvalue weighted by Gasteiger charge is -2.21. The van der Waals surface area contributed by atoms with Crippen LogP contribution in [0.15, 0.2) is 0 Å². The van der Waals surface area contributed by atoms with Gasteiger partial charge in [-0.3, -0.25) is 0 Å². The molecule has 3 aliphatic carbocycles. The molecule has 3 fully saturated rings. The van der Waals surface area contributed by atoms with Crippen molar-refractivity contribution in [2.75, 3.05) is 0 Å². The second-order valence-corrected chi connectivity index (χ2v) is 10.6. The van der Waals surface area contributed by atoms with Crippen molar-refractivity contribution in [2.45, 2.75) is 110 Å². The monoisotopic (exact) mass is 534 g/mol. The fraction of sp³-hybridized carbons (Fsp3) is 1.00. The van der Waals surface area contributed by atoms with Crippen LogP contribution in [0.5, 0.6) is 0 Å². The van der Waals surface area contributed by atoms with Crippen molar-refractivity contribution in [3.05, 3.63) is 0 Å². The Balaban J connectivity index is 0.000000180. The van der Waals surface area contributed by atoms with Gasteiger partial charge in [0.1, 0.15) is 0 Å². The van der Waals surface area contributed by atoms with E-state index in [2.05, 4.69) is 47.8 Å². The fourth-order valence-electron chi connectivity index (χ4n) is 3.20. The van der Waals surface area contributed by atoms with Gasteiger partial charge in [0.05, 0.1) is 18.3 Å². The van der Waals surface area contributed by atoms with Crippen molar-refractivity contribution in [1.29, 1.82) is 0 Å². The van der Waals surface area contributed by atoms with Gasteiger partial charge < -0.3 is 15.3 Å². The molecule has 0 unspecified atom stereocenters. The van der Waals surface area contributed by atoms with E-state index < -0.39 is 0 Å². The quantitative estimate of drug-likeness (QED) is 0.379. The third-order valence-electron chi connectivity index (χ3n) is 4.94. The van der Waals surface area contributed by atoms with Crippen LogP contribution in [0.4, 0.5) is 0 Å². The number of hydrogen-bond acceptors (Lipinski definition) is 3. The zero-order chi connectivity index (χ0) is 17.9. The minimum absolute atomic E-state index is 0.0799. The van der Waals surface area contributed by atoms with Gasteiger partial charge >= 0.3 is 0 Å². The molecular weight excluding hydrogens is 504 g/mol. The second kappa shape index (κ2) is 13.5. The Kier molecular flexibility index (Phi) is 13.1. The van der Waals surface area contributed by atoms with E-state index in [0.29, 0.717) is 14.5 Å². The first kappa shape index (κ1) is 23.4. The molecule has 0 bridgehead atoms. The van der Waals surface area contributed by atoms with Crippen molar-refractivity contribution >= 4 is 47.8 Å². The van der Waals surface area contributed by atoms with Crippen LogP contribution < -0.4 is 0 Å². The van der Waals surface area contributed by atoms with Gasteiger partial charge in [0.2, 0.25) is 0 Å². The molecule has 3 rings (SSSR count). The number of hydrogen-bond donors (Lipinski definition) is 3. The molecule has 0 heterocycles. The van der Waals surface area contributed by atoms with Crippen molar-refractivity contribution < 1.29 is 15.3 Å². The van der Waals surface area contributed by atoms with E-state index in [1.54, 1.807) is 0 Å². The van der Waals surface area contributed by atoms with E-state index in [4.69, 9.17) is 15.3 Å². The molecule has 0 aliphatic heterocycles. The van der Waals surface area contributed by atoms with E-state index in [-0.39, 0.29) is 18.3 Å². The number of halogens is 3. The smallest absolute Gasteiger partial charge is 0.0665 e. The Morgan fingerprint density at radius 3 is 0.750 bits per heavy atom. The molecule has 0 aromatic rings. The molecule has 0 aromatic heterocycles.